The average Bonchev–Trinajstić information content (AvgIpc) is 3.28. The summed E-state index contributed by atoms with van der Waals surface area (Å²) in [6, 6.07) is 16.2. The number of fused-ring (bicyclic) bond motifs is 1. The molecule has 0 saturated heterocycles. The second-order valence-electron chi connectivity index (χ2n) is 6.50. The molecule has 0 radical (unpaired) electrons. The van der Waals surface area contributed by atoms with E-state index in [1.165, 1.54) is 34.2 Å². The maximum atomic E-state index is 12.9. The minimum absolute atomic E-state index is 0.119. The van der Waals surface area contributed by atoms with Crippen molar-refractivity contribution in [3.05, 3.63) is 59.7 Å². The van der Waals surface area contributed by atoms with Crippen LogP contribution in [0.25, 0.3) is 0 Å². The highest BCUT2D eigenvalue weighted by Crippen LogP contribution is 2.34. The second kappa shape index (κ2) is 7.70. The van der Waals surface area contributed by atoms with Crippen LogP contribution < -0.4 is 10.2 Å². The van der Waals surface area contributed by atoms with Crippen LogP contribution >= 0.6 is 23.1 Å². The lowest BCUT2D eigenvalue weighted by atomic mass is 10.2. The van der Waals surface area contributed by atoms with Crippen molar-refractivity contribution in [2.75, 3.05) is 16.8 Å². The first-order valence-electron chi connectivity index (χ1n) is 8.83. The van der Waals surface area contributed by atoms with Crippen LogP contribution in [0.15, 0.2) is 52.9 Å². The first kappa shape index (κ1) is 18.0. The van der Waals surface area contributed by atoms with Crippen molar-refractivity contribution in [3.8, 4) is 0 Å². The number of amides is 1. The monoisotopic (exact) mass is 396 g/mol. The van der Waals surface area contributed by atoms with Crippen molar-refractivity contribution < 1.29 is 4.79 Å². The number of benzene rings is 2. The molecule has 1 aliphatic rings. The lowest BCUT2D eigenvalue weighted by Crippen LogP contribution is -2.35. The number of hydrogen-bond donors (Lipinski definition) is 1. The van der Waals surface area contributed by atoms with Gasteiger partial charge in [0.15, 0.2) is 4.34 Å². The lowest BCUT2D eigenvalue weighted by molar-refractivity contribution is -0.117. The fraction of sp³-hybridized carbons (Fsp3) is 0.250. The fourth-order valence-corrected chi connectivity index (χ4v) is 5.12. The van der Waals surface area contributed by atoms with Crippen molar-refractivity contribution in [2.24, 2.45) is 0 Å². The van der Waals surface area contributed by atoms with Crippen LogP contribution in [0.1, 0.15) is 18.1 Å². The van der Waals surface area contributed by atoms with E-state index < -0.39 is 0 Å². The van der Waals surface area contributed by atoms with E-state index in [1.807, 2.05) is 42.2 Å². The van der Waals surface area contributed by atoms with Gasteiger partial charge < -0.3 is 10.2 Å². The van der Waals surface area contributed by atoms with Gasteiger partial charge in [0.1, 0.15) is 0 Å². The Morgan fingerprint density at radius 3 is 2.93 bits per heavy atom. The number of carbonyl (C=O) groups is 1. The fourth-order valence-electron chi connectivity index (χ4n) is 3.14. The van der Waals surface area contributed by atoms with Crippen LogP contribution in [0, 0.1) is 6.92 Å². The summed E-state index contributed by atoms with van der Waals surface area (Å²) < 4.78 is 0.790. The van der Waals surface area contributed by atoms with Crippen molar-refractivity contribution >= 4 is 45.5 Å². The van der Waals surface area contributed by atoms with Gasteiger partial charge in [-0.15, -0.1) is 10.2 Å². The molecular formula is C20H20N4OS2. The van der Waals surface area contributed by atoms with Crippen molar-refractivity contribution in [2.45, 2.75) is 29.9 Å². The minimum Gasteiger partial charge on any atom is -0.330 e. The van der Waals surface area contributed by atoms with Gasteiger partial charge in [0.2, 0.25) is 11.0 Å². The average molecular weight is 397 g/mol. The van der Waals surface area contributed by atoms with E-state index in [-0.39, 0.29) is 11.2 Å². The predicted molar refractivity (Wildman–Crippen MR) is 112 cm³/mol. The Hall–Kier alpha value is -2.38. The molecule has 0 bridgehead atoms. The first-order chi connectivity index (χ1) is 13.1. The third-order valence-corrected chi connectivity index (χ3v) is 6.46. The standard InChI is InChI=1S/C20H20N4OS2/c1-13-6-5-8-16(12-13)21-19-22-23-20(27-19)26-14(2)18(25)24-11-10-15-7-3-4-9-17(15)24/h3-9,12,14H,10-11H2,1-2H3,(H,21,22). The molecule has 1 atom stereocenters. The van der Waals surface area contributed by atoms with Crippen LogP contribution in [-0.4, -0.2) is 27.9 Å². The number of para-hydroxylation sites is 1. The maximum Gasteiger partial charge on any atom is 0.240 e. The van der Waals surface area contributed by atoms with Crippen molar-refractivity contribution in [1.82, 2.24) is 10.2 Å². The topological polar surface area (TPSA) is 58.1 Å². The molecule has 0 spiro atoms. The Bertz CT molecular complexity index is 972. The Morgan fingerprint density at radius 2 is 2.07 bits per heavy atom. The van der Waals surface area contributed by atoms with Crippen LogP contribution in [0.2, 0.25) is 0 Å². The highest BCUT2D eigenvalue weighted by Gasteiger charge is 2.28. The Labute approximate surface area is 166 Å². The summed E-state index contributed by atoms with van der Waals surface area (Å²) in [7, 11) is 0. The molecule has 1 aromatic heterocycles. The van der Waals surface area contributed by atoms with E-state index in [9.17, 15) is 4.79 Å². The highest BCUT2D eigenvalue weighted by atomic mass is 32.2. The molecule has 5 nitrogen and oxygen atoms in total. The summed E-state index contributed by atoms with van der Waals surface area (Å²) in [4.78, 5) is 14.8. The number of anilines is 3. The molecular weight excluding hydrogens is 376 g/mol. The van der Waals surface area contributed by atoms with Gasteiger partial charge in [-0.3, -0.25) is 4.79 Å². The maximum absolute atomic E-state index is 12.9. The Morgan fingerprint density at radius 1 is 1.22 bits per heavy atom. The molecule has 4 rings (SSSR count). The molecule has 2 heterocycles. The molecule has 0 aliphatic carbocycles. The molecule has 3 aromatic rings. The molecule has 0 saturated carbocycles. The number of aryl methyl sites for hydroxylation is 1. The number of hydrogen-bond acceptors (Lipinski definition) is 6. The predicted octanol–water partition coefficient (Wildman–Crippen LogP) is 4.66. The number of rotatable bonds is 5. The summed E-state index contributed by atoms with van der Waals surface area (Å²) in [6.45, 7) is 4.73. The Balaban J connectivity index is 1.41. The van der Waals surface area contributed by atoms with Gasteiger partial charge in [0.25, 0.3) is 0 Å². The summed E-state index contributed by atoms with van der Waals surface area (Å²) in [5.74, 6) is 0.119. The van der Waals surface area contributed by atoms with Gasteiger partial charge in [-0.05, 0) is 49.6 Å². The smallest absolute Gasteiger partial charge is 0.240 e. The zero-order chi connectivity index (χ0) is 18.8. The molecule has 7 heteroatoms. The van der Waals surface area contributed by atoms with Crippen LogP contribution in [0.3, 0.4) is 0 Å². The van der Waals surface area contributed by atoms with Crippen LogP contribution in [-0.2, 0) is 11.2 Å². The lowest BCUT2D eigenvalue weighted by Gasteiger charge is -2.20. The van der Waals surface area contributed by atoms with Gasteiger partial charge in [-0.1, -0.05) is 53.4 Å². The number of thioether (sulfide) groups is 1. The summed E-state index contributed by atoms with van der Waals surface area (Å²) >= 11 is 2.93. The molecule has 27 heavy (non-hydrogen) atoms. The third kappa shape index (κ3) is 3.99. The van der Waals surface area contributed by atoms with Gasteiger partial charge in [-0.2, -0.15) is 0 Å². The number of nitrogens with one attached hydrogen (secondary N) is 1. The van der Waals surface area contributed by atoms with Crippen LogP contribution in [0.4, 0.5) is 16.5 Å². The third-order valence-electron chi connectivity index (χ3n) is 4.45. The summed E-state index contributed by atoms with van der Waals surface area (Å²) in [5.41, 5.74) is 4.45. The van der Waals surface area contributed by atoms with Gasteiger partial charge in [-0.25, -0.2) is 0 Å². The Kier molecular flexibility index (Phi) is 5.13. The van der Waals surface area contributed by atoms with Gasteiger partial charge in [0.05, 0.1) is 5.25 Å². The highest BCUT2D eigenvalue weighted by molar-refractivity contribution is 8.02. The minimum atomic E-state index is -0.212. The number of nitrogens with zero attached hydrogens (tertiary/aromatic N) is 3. The quantitative estimate of drug-likeness (QED) is 0.636. The van der Waals surface area contributed by atoms with Gasteiger partial charge in [0, 0.05) is 17.9 Å². The zero-order valence-electron chi connectivity index (χ0n) is 15.2. The first-order valence-corrected chi connectivity index (χ1v) is 10.5. The molecule has 2 aromatic carbocycles. The van der Waals surface area contributed by atoms with E-state index in [0.717, 1.165) is 33.8 Å². The molecule has 1 unspecified atom stereocenters. The van der Waals surface area contributed by atoms with E-state index >= 15 is 0 Å². The van der Waals surface area contributed by atoms with Crippen LogP contribution in [0.5, 0.6) is 0 Å². The van der Waals surface area contributed by atoms with E-state index in [4.69, 9.17) is 0 Å². The molecule has 1 N–H and O–H groups in total. The molecule has 138 valence electrons. The van der Waals surface area contributed by atoms with Crippen molar-refractivity contribution in [3.63, 3.8) is 0 Å². The molecule has 0 fully saturated rings. The SMILES string of the molecule is Cc1cccc(Nc2nnc(SC(C)C(=O)N3CCc4ccccc43)s2)c1. The second-order valence-corrected chi connectivity index (χ2v) is 9.06. The normalized spacial score (nSPS) is 14.1. The molecule has 1 aliphatic heterocycles. The molecule has 1 amide bonds. The zero-order valence-corrected chi connectivity index (χ0v) is 16.8. The number of carbonyl (C=O) groups excluding carboxylic acids is 1. The van der Waals surface area contributed by atoms with Crippen molar-refractivity contribution in [1.29, 1.82) is 0 Å². The van der Waals surface area contributed by atoms with E-state index in [0.29, 0.717) is 0 Å². The summed E-state index contributed by atoms with van der Waals surface area (Å²) in [5, 5.41) is 12.2. The van der Waals surface area contributed by atoms with Gasteiger partial charge >= 0.3 is 0 Å². The van der Waals surface area contributed by atoms with E-state index in [2.05, 4.69) is 40.6 Å². The summed E-state index contributed by atoms with van der Waals surface area (Å²) in [6.07, 6.45) is 0.919. The number of aromatic nitrogens is 2. The van der Waals surface area contributed by atoms with E-state index in [1.54, 1.807) is 0 Å². The largest absolute Gasteiger partial charge is 0.330 e.